The van der Waals surface area contributed by atoms with Gasteiger partial charge in [-0.25, -0.2) is 0 Å². The molecule has 0 radical (unpaired) electrons. The Balaban J connectivity index is 1.90. The first-order valence-corrected chi connectivity index (χ1v) is 6.89. The Morgan fingerprint density at radius 1 is 1.38 bits per heavy atom. The number of nitrogens with one attached hydrogen (secondary N) is 2. The smallest absolute Gasteiger partial charge is 0.271 e. The number of benzene rings is 1. The standard InChI is InChI=1S/C15H17N3O3/c1-16-14(19)13-9-21-7-6-18(13)15(20)12-8-10-4-2-3-5-11(10)17-12/h2-5,8,13,17H,6-7,9H2,1H3,(H,16,19). The molecule has 2 amide bonds. The number of morpholine rings is 1. The predicted octanol–water partition coefficient (Wildman–Crippen LogP) is 0.755. The largest absolute Gasteiger partial charge is 0.377 e. The van der Waals surface area contributed by atoms with Crippen molar-refractivity contribution in [3.05, 3.63) is 36.0 Å². The number of nitrogens with zero attached hydrogens (tertiary/aromatic N) is 1. The highest BCUT2D eigenvalue weighted by atomic mass is 16.5. The lowest BCUT2D eigenvalue weighted by Crippen LogP contribution is -2.55. The molecule has 1 unspecified atom stereocenters. The lowest BCUT2D eigenvalue weighted by molar-refractivity contribution is -0.130. The van der Waals surface area contributed by atoms with Gasteiger partial charge in [-0.05, 0) is 12.1 Å². The molecule has 0 spiro atoms. The quantitative estimate of drug-likeness (QED) is 0.856. The number of hydrogen-bond acceptors (Lipinski definition) is 3. The zero-order valence-corrected chi connectivity index (χ0v) is 11.8. The minimum Gasteiger partial charge on any atom is -0.377 e. The molecule has 110 valence electrons. The lowest BCUT2D eigenvalue weighted by atomic mass is 10.2. The molecule has 6 nitrogen and oxygen atoms in total. The van der Waals surface area contributed by atoms with Gasteiger partial charge >= 0.3 is 0 Å². The monoisotopic (exact) mass is 287 g/mol. The van der Waals surface area contributed by atoms with Crippen LogP contribution < -0.4 is 5.32 Å². The van der Waals surface area contributed by atoms with Gasteiger partial charge in [-0.15, -0.1) is 0 Å². The lowest BCUT2D eigenvalue weighted by Gasteiger charge is -2.33. The fourth-order valence-corrected chi connectivity index (χ4v) is 2.57. The Morgan fingerprint density at radius 2 is 2.19 bits per heavy atom. The van der Waals surface area contributed by atoms with Crippen LogP contribution in [0.15, 0.2) is 30.3 Å². The molecule has 2 N–H and O–H groups in total. The topological polar surface area (TPSA) is 74.4 Å². The van der Waals surface area contributed by atoms with Crippen LogP contribution in [0.1, 0.15) is 10.5 Å². The van der Waals surface area contributed by atoms with Gasteiger partial charge < -0.3 is 19.9 Å². The van der Waals surface area contributed by atoms with E-state index in [1.54, 1.807) is 11.9 Å². The van der Waals surface area contributed by atoms with E-state index in [0.29, 0.717) is 18.8 Å². The number of likely N-dealkylation sites (N-methyl/N-ethyl adjacent to an activating group) is 1. The molecule has 21 heavy (non-hydrogen) atoms. The molecule has 0 saturated carbocycles. The van der Waals surface area contributed by atoms with E-state index in [2.05, 4.69) is 10.3 Å². The Morgan fingerprint density at radius 3 is 2.95 bits per heavy atom. The normalized spacial score (nSPS) is 18.7. The molecule has 1 saturated heterocycles. The molecule has 0 bridgehead atoms. The minimum absolute atomic E-state index is 0.178. The number of hydrogen-bond donors (Lipinski definition) is 2. The first-order chi connectivity index (χ1) is 10.2. The molecule has 3 rings (SSSR count). The second kappa shape index (κ2) is 5.57. The maximum atomic E-state index is 12.7. The number of para-hydroxylation sites is 1. The van der Waals surface area contributed by atoms with E-state index in [4.69, 9.17) is 4.74 Å². The number of carbonyl (C=O) groups excluding carboxylic acids is 2. The summed E-state index contributed by atoms with van der Waals surface area (Å²) in [5.41, 5.74) is 1.40. The van der Waals surface area contributed by atoms with Crippen LogP contribution in [0.4, 0.5) is 0 Å². The van der Waals surface area contributed by atoms with Crippen molar-refractivity contribution >= 4 is 22.7 Å². The highest BCUT2D eigenvalue weighted by Crippen LogP contribution is 2.18. The molecular weight excluding hydrogens is 270 g/mol. The summed E-state index contributed by atoms with van der Waals surface area (Å²) in [6.07, 6.45) is 0. The number of aromatic amines is 1. The van der Waals surface area contributed by atoms with Crippen molar-refractivity contribution in [3.63, 3.8) is 0 Å². The third kappa shape index (κ3) is 2.50. The fourth-order valence-electron chi connectivity index (χ4n) is 2.57. The number of fused-ring (bicyclic) bond motifs is 1. The second-order valence-electron chi connectivity index (χ2n) is 4.97. The third-order valence-corrected chi connectivity index (χ3v) is 3.70. The molecule has 2 aromatic rings. The van der Waals surface area contributed by atoms with Crippen LogP contribution in [-0.2, 0) is 9.53 Å². The summed E-state index contributed by atoms with van der Waals surface area (Å²) < 4.78 is 5.32. The van der Waals surface area contributed by atoms with Crippen molar-refractivity contribution in [2.75, 3.05) is 26.8 Å². The first-order valence-electron chi connectivity index (χ1n) is 6.89. The average molecular weight is 287 g/mol. The number of amides is 2. The van der Waals surface area contributed by atoms with E-state index in [0.717, 1.165) is 10.9 Å². The van der Waals surface area contributed by atoms with Crippen molar-refractivity contribution in [1.82, 2.24) is 15.2 Å². The Kier molecular flexibility index (Phi) is 3.62. The highest BCUT2D eigenvalue weighted by Gasteiger charge is 2.33. The summed E-state index contributed by atoms with van der Waals surface area (Å²) in [5, 5.41) is 3.55. The molecule has 0 aliphatic carbocycles. The van der Waals surface area contributed by atoms with Crippen LogP contribution in [0.3, 0.4) is 0 Å². The van der Waals surface area contributed by atoms with E-state index in [9.17, 15) is 9.59 Å². The van der Waals surface area contributed by atoms with E-state index >= 15 is 0 Å². The predicted molar refractivity (Wildman–Crippen MR) is 78.0 cm³/mol. The molecule has 1 atom stereocenters. The Hall–Kier alpha value is -2.34. The molecule has 1 fully saturated rings. The van der Waals surface area contributed by atoms with Gasteiger partial charge in [0, 0.05) is 24.5 Å². The summed E-state index contributed by atoms with van der Waals surface area (Å²) in [4.78, 5) is 29.2. The van der Waals surface area contributed by atoms with Crippen LogP contribution in [0, 0.1) is 0 Å². The molecule has 2 heterocycles. The molecule has 1 aromatic carbocycles. The average Bonchev–Trinajstić information content (AvgIpc) is 2.97. The Bertz CT molecular complexity index is 647. The molecule has 6 heteroatoms. The summed E-state index contributed by atoms with van der Waals surface area (Å²) >= 11 is 0. The number of aromatic nitrogens is 1. The van der Waals surface area contributed by atoms with E-state index < -0.39 is 6.04 Å². The summed E-state index contributed by atoms with van der Waals surface area (Å²) in [5.74, 6) is -0.387. The van der Waals surface area contributed by atoms with Crippen LogP contribution in [0.2, 0.25) is 0 Å². The van der Waals surface area contributed by atoms with Gasteiger partial charge in [0.25, 0.3) is 5.91 Å². The highest BCUT2D eigenvalue weighted by molar-refractivity contribution is 6.00. The zero-order chi connectivity index (χ0) is 14.8. The Labute approximate surface area is 122 Å². The fraction of sp³-hybridized carbons (Fsp3) is 0.333. The number of ether oxygens (including phenoxy) is 1. The van der Waals surface area contributed by atoms with E-state index in [-0.39, 0.29) is 18.4 Å². The number of rotatable bonds is 2. The first kappa shape index (κ1) is 13.6. The van der Waals surface area contributed by atoms with Gasteiger partial charge in [0.05, 0.1) is 13.2 Å². The van der Waals surface area contributed by atoms with Crippen molar-refractivity contribution in [1.29, 1.82) is 0 Å². The SMILES string of the molecule is CNC(=O)C1COCCN1C(=O)c1cc2ccccc2[nH]1. The molecule has 1 aliphatic rings. The second-order valence-corrected chi connectivity index (χ2v) is 4.97. The van der Waals surface area contributed by atoms with Gasteiger partial charge in [0.15, 0.2) is 0 Å². The van der Waals surface area contributed by atoms with Crippen molar-refractivity contribution in [2.24, 2.45) is 0 Å². The van der Waals surface area contributed by atoms with E-state index in [1.165, 1.54) is 0 Å². The summed E-state index contributed by atoms with van der Waals surface area (Å²) in [6.45, 7) is 1.08. The van der Waals surface area contributed by atoms with Crippen molar-refractivity contribution in [3.8, 4) is 0 Å². The van der Waals surface area contributed by atoms with Crippen LogP contribution in [-0.4, -0.2) is 54.5 Å². The molecular formula is C15H17N3O3. The molecule has 1 aliphatic heterocycles. The summed E-state index contributed by atoms with van der Waals surface area (Å²) in [7, 11) is 1.56. The van der Waals surface area contributed by atoms with E-state index in [1.807, 2.05) is 30.3 Å². The van der Waals surface area contributed by atoms with Crippen LogP contribution in [0.25, 0.3) is 10.9 Å². The molecule has 1 aromatic heterocycles. The zero-order valence-electron chi connectivity index (χ0n) is 11.8. The third-order valence-electron chi connectivity index (χ3n) is 3.70. The van der Waals surface area contributed by atoms with Gasteiger partial charge in [-0.1, -0.05) is 18.2 Å². The van der Waals surface area contributed by atoms with Gasteiger partial charge in [0.2, 0.25) is 5.91 Å². The number of H-pyrrole nitrogens is 1. The maximum absolute atomic E-state index is 12.7. The van der Waals surface area contributed by atoms with Gasteiger partial charge in [-0.3, -0.25) is 9.59 Å². The summed E-state index contributed by atoms with van der Waals surface area (Å²) in [6, 6.07) is 8.93. The van der Waals surface area contributed by atoms with Crippen molar-refractivity contribution < 1.29 is 14.3 Å². The van der Waals surface area contributed by atoms with Gasteiger partial charge in [-0.2, -0.15) is 0 Å². The van der Waals surface area contributed by atoms with Crippen LogP contribution in [0.5, 0.6) is 0 Å². The van der Waals surface area contributed by atoms with Crippen molar-refractivity contribution in [2.45, 2.75) is 6.04 Å². The number of carbonyl (C=O) groups is 2. The van der Waals surface area contributed by atoms with Crippen LogP contribution >= 0.6 is 0 Å². The minimum atomic E-state index is -0.581. The van der Waals surface area contributed by atoms with Gasteiger partial charge in [0.1, 0.15) is 11.7 Å². The maximum Gasteiger partial charge on any atom is 0.271 e.